The quantitative estimate of drug-likeness (QED) is 0.352. The number of ketones is 1. The van der Waals surface area contributed by atoms with Crippen molar-refractivity contribution in [1.29, 1.82) is 0 Å². The van der Waals surface area contributed by atoms with E-state index in [1.807, 2.05) is 6.92 Å². The summed E-state index contributed by atoms with van der Waals surface area (Å²) in [6, 6.07) is 0. The van der Waals surface area contributed by atoms with Crippen molar-refractivity contribution in [3.05, 3.63) is 0 Å². The first-order valence-electron chi connectivity index (χ1n) is 3.41. The second kappa shape index (κ2) is 5.42. The largest absolute Gasteiger partial charge is 0.289 e. The fourth-order valence-corrected chi connectivity index (χ4v) is 0.728. The van der Waals surface area contributed by atoms with Crippen LogP contribution in [0.5, 0.6) is 0 Å². The Morgan fingerprint density at radius 2 is 1.90 bits per heavy atom. The fraction of sp³-hybridized carbons (Fsp3) is 0.714. The molecule has 2 nitrogen and oxygen atoms in total. The van der Waals surface area contributed by atoms with E-state index in [0.29, 0.717) is 6.42 Å². The van der Waals surface area contributed by atoms with Crippen LogP contribution in [0.4, 0.5) is 0 Å². The van der Waals surface area contributed by atoms with Crippen LogP contribution in [-0.4, -0.2) is 11.0 Å². The number of hydrogen-bond donors (Lipinski definition) is 0. The van der Waals surface area contributed by atoms with E-state index in [0.717, 1.165) is 19.3 Å². The smallest absolute Gasteiger partial charge is 0.288 e. The van der Waals surface area contributed by atoms with E-state index in [4.69, 9.17) is 11.6 Å². The number of unbranched alkanes of at least 4 members (excludes halogenated alkanes) is 2. The summed E-state index contributed by atoms with van der Waals surface area (Å²) in [6.45, 7) is 2.03. The third kappa shape index (κ3) is 4.50. The monoisotopic (exact) mass is 162 g/mol. The molecule has 0 aromatic rings. The van der Waals surface area contributed by atoms with Gasteiger partial charge in [0, 0.05) is 6.42 Å². The van der Waals surface area contributed by atoms with Gasteiger partial charge in [-0.05, 0) is 18.0 Å². The summed E-state index contributed by atoms with van der Waals surface area (Å²) in [5.41, 5.74) is 0. The van der Waals surface area contributed by atoms with Gasteiger partial charge in [0.25, 0.3) is 5.24 Å². The molecule has 0 saturated carbocycles. The van der Waals surface area contributed by atoms with Crippen LogP contribution >= 0.6 is 11.6 Å². The molecule has 0 saturated heterocycles. The second-order valence-corrected chi connectivity index (χ2v) is 2.50. The molecule has 0 aromatic heterocycles. The summed E-state index contributed by atoms with van der Waals surface area (Å²) in [5.74, 6) is -0.463. The average Bonchev–Trinajstić information content (AvgIpc) is 1.88. The van der Waals surface area contributed by atoms with E-state index >= 15 is 0 Å². The zero-order chi connectivity index (χ0) is 7.98. The fourth-order valence-electron chi connectivity index (χ4n) is 0.634. The molecule has 0 bridgehead atoms. The molecular weight excluding hydrogens is 152 g/mol. The van der Waals surface area contributed by atoms with Gasteiger partial charge in [-0.25, -0.2) is 0 Å². The molecule has 0 radical (unpaired) electrons. The zero-order valence-electron chi connectivity index (χ0n) is 6.02. The number of halogens is 1. The van der Waals surface area contributed by atoms with E-state index in [2.05, 4.69) is 0 Å². The highest BCUT2D eigenvalue weighted by molar-refractivity contribution is 6.81. The highest BCUT2D eigenvalue weighted by Crippen LogP contribution is 2.00. The Balaban J connectivity index is 3.31. The molecular formula is C7H11ClO2. The number of carbonyl (C=O) groups is 2. The molecule has 58 valence electrons. The molecule has 0 aliphatic carbocycles. The molecule has 0 unspecified atom stereocenters. The molecule has 0 amide bonds. The van der Waals surface area contributed by atoms with E-state index in [9.17, 15) is 9.59 Å². The summed E-state index contributed by atoms with van der Waals surface area (Å²) >= 11 is 4.92. The van der Waals surface area contributed by atoms with Gasteiger partial charge in [0.1, 0.15) is 0 Å². The Morgan fingerprint density at radius 3 is 2.30 bits per heavy atom. The van der Waals surface area contributed by atoms with Gasteiger partial charge in [-0.15, -0.1) is 0 Å². The van der Waals surface area contributed by atoms with Gasteiger partial charge in [-0.3, -0.25) is 9.59 Å². The number of rotatable bonds is 5. The van der Waals surface area contributed by atoms with Crippen LogP contribution in [0.25, 0.3) is 0 Å². The predicted molar refractivity (Wildman–Crippen MR) is 40.0 cm³/mol. The molecule has 0 N–H and O–H groups in total. The Bertz CT molecular complexity index is 132. The lowest BCUT2D eigenvalue weighted by atomic mass is 10.1. The van der Waals surface area contributed by atoms with Crippen molar-refractivity contribution in [3.63, 3.8) is 0 Å². The Labute approximate surface area is 65.6 Å². The molecule has 3 heteroatoms. The lowest BCUT2D eigenvalue weighted by Gasteiger charge is -1.92. The first-order chi connectivity index (χ1) is 4.68. The molecule has 0 aromatic carbocycles. The highest BCUT2D eigenvalue weighted by Gasteiger charge is 2.07. The minimum absolute atomic E-state index is 0.302. The van der Waals surface area contributed by atoms with Crippen molar-refractivity contribution in [2.24, 2.45) is 0 Å². The lowest BCUT2D eigenvalue weighted by Crippen LogP contribution is -2.05. The van der Waals surface area contributed by atoms with E-state index in [1.165, 1.54) is 0 Å². The maximum Gasteiger partial charge on any atom is 0.288 e. The Morgan fingerprint density at radius 1 is 1.30 bits per heavy atom. The molecule has 0 fully saturated rings. The van der Waals surface area contributed by atoms with Crippen molar-refractivity contribution in [2.45, 2.75) is 32.6 Å². The second-order valence-electron chi connectivity index (χ2n) is 2.15. The van der Waals surface area contributed by atoms with Gasteiger partial charge in [0.2, 0.25) is 5.78 Å². The molecule has 0 heterocycles. The number of carbonyl (C=O) groups excluding carboxylic acids is 2. The van der Waals surface area contributed by atoms with Crippen molar-refractivity contribution in [3.8, 4) is 0 Å². The van der Waals surface area contributed by atoms with Gasteiger partial charge in [-0.2, -0.15) is 0 Å². The summed E-state index contributed by atoms with van der Waals surface area (Å²) in [7, 11) is 0. The normalized spacial score (nSPS) is 9.40. The molecule has 0 aliphatic rings. The molecule has 0 aliphatic heterocycles. The van der Waals surface area contributed by atoms with E-state index < -0.39 is 11.0 Å². The van der Waals surface area contributed by atoms with Crippen molar-refractivity contribution in [1.82, 2.24) is 0 Å². The van der Waals surface area contributed by atoms with E-state index in [-0.39, 0.29) is 0 Å². The first-order valence-corrected chi connectivity index (χ1v) is 3.79. The lowest BCUT2D eigenvalue weighted by molar-refractivity contribution is -0.132. The van der Waals surface area contributed by atoms with Gasteiger partial charge in [0.05, 0.1) is 0 Å². The standard InChI is InChI=1S/C7H11ClO2/c1-2-3-4-5-6(9)7(8)10/h2-5H2,1H3. The van der Waals surface area contributed by atoms with Gasteiger partial charge < -0.3 is 0 Å². The average molecular weight is 163 g/mol. The Kier molecular flexibility index (Phi) is 5.22. The minimum atomic E-state index is -0.837. The highest BCUT2D eigenvalue weighted by atomic mass is 35.5. The topological polar surface area (TPSA) is 34.1 Å². The number of hydrogen-bond acceptors (Lipinski definition) is 2. The van der Waals surface area contributed by atoms with Gasteiger partial charge in [0.15, 0.2) is 0 Å². The zero-order valence-corrected chi connectivity index (χ0v) is 6.78. The minimum Gasteiger partial charge on any atom is -0.289 e. The third-order valence-corrected chi connectivity index (χ3v) is 1.44. The maximum absolute atomic E-state index is 10.5. The van der Waals surface area contributed by atoms with Gasteiger partial charge >= 0.3 is 0 Å². The Hall–Kier alpha value is -0.370. The van der Waals surface area contributed by atoms with Crippen LogP contribution in [0.3, 0.4) is 0 Å². The molecule has 10 heavy (non-hydrogen) atoms. The van der Waals surface area contributed by atoms with Crippen molar-refractivity contribution >= 4 is 22.6 Å². The summed E-state index contributed by atoms with van der Waals surface area (Å²) in [4.78, 5) is 20.7. The predicted octanol–water partition coefficient (Wildman–Crippen LogP) is 1.90. The maximum atomic E-state index is 10.5. The SMILES string of the molecule is CCCCCC(=O)C(=O)Cl. The van der Waals surface area contributed by atoms with Crippen LogP contribution in [0.1, 0.15) is 32.6 Å². The molecule has 0 rings (SSSR count). The summed E-state index contributed by atoms with van der Waals surface area (Å²) in [5, 5.41) is -0.837. The van der Waals surface area contributed by atoms with E-state index in [1.54, 1.807) is 0 Å². The summed E-state index contributed by atoms with van der Waals surface area (Å²) < 4.78 is 0. The molecule has 0 spiro atoms. The van der Waals surface area contributed by atoms with Crippen LogP contribution in [0.15, 0.2) is 0 Å². The van der Waals surface area contributed by atoms with Crippen molar-refractivity contribution in [2.75, 3.05) is 0 Å². The number of Topliss-reactive ketones (excluding diaryl/α,β-unsaturated/α-hetero) is 1. The van der Waals surface area contributed by atoms with Crippen LogP contribution in [0, 0.1) is 0 Å². The summed E-state index contributed by atoms with van der Waals surface area (Å²) in [6.07, 6.45) is 3.10. The van der Waals surface area contributed by atoms with Gasteiger partial charge in [-0.1, -0.05) is 19.8 Å². The third-order valence-electron chi connectivity index (χ3n) is 1.23. The first kappa shape index (κ1) is 9.63. The van der Waals surface area contributed by atoms with Crippen LogP contribution < -0.4 is 0 Å². The van der Waals surface area contributed by atoms with Crippen LogP contribution in [-0.2, 0) is 9.59 Å². The van der Waals surface area contributed by atoms with Crippen molar-refractivity contribution < 1.29 is 9.59 Å². The molecule has 0 atom stereocenters. The van der Waals surface area contributed by atoms with Crippen LogP contribution in [0.2, 0.25) is 0 Å².